The molecule has 6 heteroatoms. The van der Waals surface area contributed by atoms with Gasteiger partial charge in [-0.05, 0) is 37.0 Å². The fourth-order valence-electron chi connectivity index (χ4n) is 2.60. The molecule has 0 aliphatic rings. The molecule has 0 atom stereocenters. The van der Waals surface area contributed by atoms with Crippen molar-refractivity contribution in [1.29, 1.82) is 0 Å². The number of hydrogen-bond acceptors (Lipinski definition) is 4. The molecule has 1 aromatic carbocycles. The van der Waals surface area contributed by atoms with Gasteiger partial charge in [-0.25, -0.2) is 14.4 Å². The monoisotopic (exact) mass is 350 g/mol. The molecule has 0 amide bonds. The van der Waals surface area contributed by atoms with Crippen molar-refractivity contribution in [2.24, 2.45) is 5.92 Å². The maximum atomic E-state index is 12.3. The van der Waals surface area contributed by atoms with E-state index in [2.05, 4.69) is 13.8 Å². The van der Waals surface area contributed by atoms with Crippen molar-refractivity contribution in [3.8, 4) is 0 Å². The highest BCUT2D eigenvalue weighted by Gasteiger charge is 2.21. The molecule has 0 aliphatic carbocycles. The second kappa shape index (κ2) is 10.5. The van der Waals surface area contributed by atoms with Crippen molar-refractivity contribution in [3.05, 3.63) is 34.9 Å². The third-order valence-corrected chi connectivity index (χ3v) is 4.10. The van der Waals surface area contributed by atoms with E-state index in [-0.39, 0.29) is 29.2 Å². The number of esters is 1. The van der Waals surface area contributed by atoms with Crippen LogP contribution in [0.4, 0.5) is 0 Å². The Morgan fingerprint density at radius 3 is 2.04 bits per heavy atom. The zero-order chi connectivity index (χ0) is 18.8. The average Bonchev–Trinajstić information content (AvgIpc) is 2.60. The standard InChI is InChI=1S/C19H26O6/c1-3-5-7-13(8-6-4-2)12-25-19(24)16-11-14(17(20)21)9-10-15(16)18(22)23/h9-11,13H,3-8,12H2,1-2H3,(H,20,21)(H,22,23). The lowest BCUT2D eigenvalue weighted by Gasteiger charge is -2.17. The van der Waals surface area contributed by atoms with Gasteiger partial charge in [-0.2, -0.15) is 0 Å². The van der Waals surface area contributed by atoms with Crippen LogP contribution in [0.15, 0.2) is 18.2 Å². The number of carboxylic acid groups (broad SMARTS) is 2. The van der Waals surface area contributed by atoms with Gasteiger partial charge in [0.1, 0.15) is 0 Å². The maximum absolute atomic E-state index is 12.3. The van der Waals surface area contributed by atoms with E-state index in [4.69, 9.17) is 9.84 Å². The first-order valence-corrected chi connectivity index (χ1v) is 8.68. The van der Waals surface area contributed by atoms with Crippen LogP contribution in [0.2, 0.25) is 0 Å². The number of unbranched alkanes of at least 4 members (excludes halogenated alkanes) is 2. The molecule has 25 heavy (non-hydrogen) atoms. The number of carbonyl (C=O) groups is 3. The van der Waals surface area contributed by atoms with Crippen molar-refractivity contribution >= 4 is 17.9 Å². The smallest absolute Gasteiger partial charge is 0.339 e. The molecule has 0 fully saturated rings. The van der Waals surface area contributed by atoms with Crippen molar-refractivity contribution in [2.75, 3.05) is 6.61 Å². The predicted octanol–water partition coefficient (Wildman–Crippen LogP) is 4.24. The Kier molecular flexibility index (Phi) is 8.67. The number of carbonyl (C=O) groups excluding carboxylic acids is 1. The predicted molar refractivity (Wildman–Crippen MR) is 93.2 cm³/mol. The number of benzene rings is 1. The van der Waals surface area contributed by atoms with Crippen molar-refractivity contribution < 1.29 is 29.3 Å². The highest BCUT2D eigenvalue weighted by molar-refractivity contribution is 6.04. The minimum absolute atomic E-state index is 0.148. The molecule has 0 saturated heterocycles. The quantitative estimate of drug-likeness (QED) is 0.579. The second-order valence-electron chi connectivity index (χ2n) is 6.12. The topological polar surface area (TPSA) is 101 Å². The van der Waals surface area contributed by atoms with E-state index >= 15 is 0 Å². The molecular weight excluding hydrogens is 324 g/mol. The van der Waals surface area contributed by atoms with Crippen LogP contribution in [0, 0.1) is 5.92 Å². The summed E-state index contributed by atoms with van der Waals surface area (Å²) in [7, 11) is 0. The van der Waals surface area contributed by atoms with E-state index in [1.54, 1.807) is 0 Å². The molecule has 1 aromatic rings. The summed E-state index contributed by atoms with van der Waals surface area (Å²) >= 11 is 0. The molecule has 0 spiro atoms. The lowest BCUT2D eigenvalue weighted by Crippen LogP contribution is -2.18. The fourth-order valence-corrected chi connectivity index (χ4v) is 2.60. The first-order chi connectivity index (χ1) is 11.9. The largest absolute Gasteiger partial charge is 0.478 e. The minimum atomic E-state index is -1.29. The summed E-state index contributed by atoms with van der Waals surface area (Å²) in [5.74, 6) is -3.08. The molecule has 2 N–H and O–H groups in total. The van der Waals surface area contributed by atoms with Gasteiger partial charge in [0, 0.05) is 0 Å². The van der Waals surface area contributed by atoms with Gasteiger partial charge in [0.15, 0.2) is 0 Å². The van der Waals surface area contributed by atoms with Crippen molar-refractivity contribution in [2.45, 2.75) is 52.4 Å². The summed E-state index contributed by atoms with van der Waals surface area (Å²) in [5.41, 5.74) is -0.628. The maximum Gasteiger partial charge on any atom is 0.339 e. The Labute approximate surface area is 147 Å². The molecule has 0 aromatic heterocycles. The van der Waals surface area contributed by atoms with Gasteiger partial charge in [-0.3, -0.25) is 0 Å². The van der Waals surface area contributed by atoms with Crippen molar-refractivity contribution in [3.63, 3.8) is 0 Å². The lowest BCUT2D eigenvalue weighted by molar-refractivity contribution is 0.0415. The summed E-state index contributed by atoms with van der Waals surface area (Å²) in [4.78, 5) is 34.7. The van der Waals surface area contributed by atoms with E-state index in [0.717, 1.165) is 56.7 Å². The van der Waals surface area contributed by atoms with Crippen LogP contribution in [0.5, 0.6) is 0 Å². The van der Waals surface area contributed by atoms with Crippen LogP contribution in [-0.4, -0.2) is 34.7 Å². The molecular formula is C19H26O6. The molecule has 0 bridgehead atoms. The van der Waals surface area contributed by atoms with Crippen LogP contribution < -0.4 is 0 Å². The van der Waals surface area contributed by atoms with Gasteiger partial charge in [0.2, 0.25) is 0 Å². The van der Waals surface area contributed by atoms with E-state index in [1.807, 2.05) is 0 Å². The molecule has 0 heterocycles. The van der Waals surface area contributed by atoms with E-state index in [9.17, 15) is 19.5 Å². The van der Waals surface area contributed by atoms with Gasteiger partial charge < -0.3 is 14.9 Å². The summed E-state index contributed by atoms with van der Waals surface area (Å²) < 4.78 is 5.31. The Balaban J connectivity index is 2.88. The van der Waals surface area contributed by atoms with E-state index in [0.29, 0.717) is 0 Å². The summed E-state index contributed by atoms with van der Waals surface area (Å²) in [6.07, 6.45) is 6.10. The first kappa shape index (κ1) is 20.7. The minimum Gasteiger partial charge on any atom is -0.478 e. The number of aromatic carboxylic acids is 2. The lowest BCUT2D eigenvalue weighted by atomic mass is 9.97. The van der Waals surface area contributed by atoms with E-state index < -0.39 is 17.9 Å². The van der Waals surface area contributed by atoms with Crippen LogP contribution in [0.3, 0.4) is 0 Å². The van der Waals surface area contributed by atoms with Crippen LogP contribution in [-0.2, 0) is 4.74 Å². The van der Waals surface area contributed by atoms with Gasteiger partial charge in [-0.15, -0.1) is 0 Å². The second-order valence-corrected chi connectivity index (χ2v) is 6.12. The highest BCUT2D eigenvalue weighted by atomic mass is 16.5. The zero-order valence-electron chi connectivity index (χ0n) is 14.8. The normalized spacial score (nSPS) is 10.7. The van der Waals surface area contributed by atoms with Gasteiger partial charge >= 0.3 is 17.9 Å². The van der Waals surface area contributed by atoms with Crippen molar-refractivity contribution in [1.82, 2.24) is 0 Å². The molecule has 1 rings (SSSR count). The Morgan fingerprint density at radius 1 is 0.960 bits per heavy atom. The summed E-state index contributed by atoms with van der Waals surface area (Å²) in [6.45, 7) is 4.41. The van der Waals surface area contributed by atoms with Crippen LogP contribution >= 0.6 is 0 Å². The Morgan fingerprint density at radius 2 is 1.56 bits per heavy atom. The van der Waals surface area contributed by atoms with Gasteiger partial charge in [0.25, 0.3) is 0 Å². The van der Waals surface area contributed by atoms with E-state index in [1.165, 1.54) is 0 Å². The number of ether oxygens (including phenoxy) is 1. The van der Waals surface area contributed by atoms with Crippen LogP contribution in [0.25, 0.3) is 0 Å². The average molecular weight is 350 g/mol. The van der Waals surface area contributed by atoms with Gasteiger partial charge in [0.05, 0.1) is 23.3 Å². The Hall–Kier alpha value is -2.37. The summed E-state index contributed by atoms with van der Waals surface area (Å²) in [5, 5.41) is 18.2. The molecule has 0 radical (unpaired) electrons. The molecule has 0 aliphatic heterocycles. The third-order valence-electron chi connectivity index (χ3n) is 4.10. The first-order valence-electron chi connectivity index (χ1n) is 8.68. The zero-order valence-corrected chi connectivity index (χ0v) is 14.8. The molecule has 138 valence electrons. The Bertz CT molecular complexity index is 600. The number of hydrogen-bond donors (Lipinski definition) is 2. The fraction of sp³-hybridized carbons (Fsp3) is 0.526. The SMILES string of the molecule is CCCCC(CCCC)COC(=O)c1cc(C(=O)O)ccc1C(=O)O. The number of carboxylic acids is 2. The van der Waals surface area contributed by atoms with Gasteiger partial charge in [-0.1, -0.05) is 39.5 Å². The highest BCUT2D eigenvalue weighted by Crippen LogP contribution is 2.19. The molecule has 0 saturated carbocycles. The number of rotatable bonds is 11. The third kappa shape index (κ3) is 6.57. The molecule has 6 nitrogen and oxygen atoms in total. The molecule has 0 unspecified atom stereocenters. The summed E-state index contributed by atoms with van der Waals surface area (Å²) in [6, 6.07) is 3.34. The van der Waals surface area contributed by atoms with Crippen LogP contribution in [0.1, 0.15) is 83.4 Å².